The molecule has 1 fully saturated rings. The Kier molecular flexibility index (Phi) is 5.29. The first-order chi connectivity index (χ1) is 13.5. The number of amides is 1. The summed E-state index contributed by atoms with van der Waals surface area (Å²) in [6.07, 6.45) is 2.10. The average Bonchev–Trinajstić information content (AvgIpc) is 3.34. The summed E-state index contributed by atoms with van der Waals surface area (Å²) in [6, 6.07) is 10.9. The van der Waals surface area contributed by atoms with Crippen LogP contribution in [0.2, 0.25) is 10.0 Å². The molecule has 2 heterocycles. The van der Waals surface area contributed by atoms with E-state index < -0.39 is 0 Å². The van der Waals surface area contributed by atoms with Crippen molar-refractivity contribution in [3.05, 3.63) is 70.0 Å². The van der Waals surface area contributed by atoms with Gasteiger partial charge in [0.05, 0.1) is 28.2 Å². The van der Waals surface area contributed by atoms with E-state index in [9.17, 15) is 4.79 Å². The van der Waals surface area contributed by atoms with E-state index >= 15 is 0 Å². The van der Waals surface area contributed by atoms with Gasteiger partial charge >= 0.3 is 0 Å². The van der Waals surface area contributed by atoms with E-state index in [4.69, 9.17) is 23.2 Å². The summed E-state index contributed by atoms with van der Waals surface area (Å²) in [5.41, 5.74) is 3.83. The second-order valence-electron chi connectivity index (χ2n) is 6.87. The Labute approximate surface area is 173 Å². The molecule has 5 nitrogen and oxygen atoms in total. The molecule has 0 unspecified atom stereocenters. The van der Waals surface area contributed by atoms with Crippen molar-refractivity contribution in [2.24, 2.45) is 0 Å². The summed E-state index contributed by atoms with van der Waals surface area (Å²) < 4.78 is 0. The lowest BCUT2D eigenvalue weighted by Crippen LogP contribution is -2.27. The lowest BCUT2D eigenvalue weighted by molar-refractivity contribution is 0.0793. The predicted molar refractivity (Wildman–Crippen MR) is 114 cm³/mol. The third-order valence-corrected chi connectivity index (χ3v) is 5.45. The second-order valence-corrected chi connectivity index (χ2v) is 7.71. The minimum atomic E-state index is -0.00596. The highest BCUT2D eigenvalue weighted by molar-refractivity contribution is 6.34. The molecule has 1 saturated heterocycles. The van der Waals surface area contributed by atoms with Crippen LogP contribution in [-0.4, -0.2) is 33.9 Å². The normalized spacial score (nSPS) is 13.9. The molecule has 2 aromatic carbocycles. The number of carbonyl (C=O) groups is 1. The van der Waals surface area contributed by atoms with E-state index in [0.717, 1.165) is 48.4 Å². The number of hydrogen-bond acceptors (Lipinski definition) is 3. The van der Waals surface area contributed by atoms with E-state index in [1.165, 1.54) is 0 Å². The molecule has 4 rings (SSSR count). The first kappa shape index (κ1) is 18.8. The van der Waals surface area contributed by atoms with Gasteiger partial charge in [0.15, 0.2) is 0 Å². The molecule has 0 bridgehead atoms. The molecule has 2 N–H and O–H groups in total. The number of imidazole rings is 1. The molecular formula is C21H20Cl2N4O. The van der Waals surface area contributed by atoms with E-state index in [2.05, 4.69) is 21.9 Å². The Morgan fingerprint density at radius 1 is 1.18 bits per heavy atom. The van der Waals surface area contributed by atoms with Crippen LogP contribution in [0.4, 0.5) is 0 Å². The Morgan fingerprint density at radius 2 is 1.96 bits per heavy atom. The minimum Gasteiger partial charge on any atom is -0.378 e. The molecule has 3 aromatic rings. The highest BCUT2D eigenvalue weighted by Gasteiger charge is 2.21. The van der Waals surface area contributed by atoms with Crippen LogP contribution in [0.1, 0.15) is 34.6 Å². The molecule has 0 spiro atoms. The number of likely N-dealkylation sites (tertiary alicyclic amines) is 1. The van der Waals surface area contributed by atoms with Crippen molar-refractivity contribution in [3.8, 4) is 0 Å². The van der Waals surface area contributed by atoms with Gasteiger partial charge in [-0.05, 0) is 48.7 Å². The van der Waals surface area contributed by atoms with Crippen LogP contribution in [0, 0.1) is 0 Å². The zero-order valence-electron chi connectivity index (χ0n) is 15.3. The van der Waals surface area contributed by atoms with E-state index in [0.29, 0.717) is 27.9 Å². The van der Waals surface area contributed by atoms with Crippen molar-refractivity contribution in [2.75, 3.05) is 13.1 Å². The number of fused-ring (bicyclic) bond motifs is 1. The van der Waals surface area contributed by atoms with Crippen LogP contribution in [-0.2, 0) is 6.54 Å². The molecule has 0 atom stereocenters. The van der Waals surface area contributed by atoms with Crippen LogP contribution in [0.5, 0.6) is 0 Å². The van der Waals surface area contributed by atoms with Crippen molar-refractivity contribution in [2.45, 2.75) is 19.4 Å². The fourth-order valence-corrected chi connectivity index (χ4v) is 3.81. The molecule has 1 amide bonds. The zero-order chi connectivity index (χ0) is 19.7. The third kappa shape index (κ3) is 3.86. The average molecular weight is 415 g/mol. The van der Waals surface area contributed by atoms with Crippen LogP contribution in [0.15, 0.2) is 43.0 Å². The number of halogens is 2. The van der Waals surface area contributed by atoms with Gasteiger partial charge in [0.2, 0.25) is 0 Å². The maximum atomic E-state index is 12.6. The fraction of sp³-hybridized carbons (Fsp3) is 0.238. The standard InChI is InChI=1S/C21H20Cl2N4O/c1-13(24-12-20-25-18-7-5-15(22)11-19(18)26-20)14-4-6-16(17(23)10-14)21(28)27-8-2-3-9-27/h4-7,10-11,24H,1-3,8-9,12H2,(H,25,26). The highest BCUT2D eigenvalue weighted by Crippen LogP contribution is 2.24. The number of hydrogen-bond donors (Lipinski definition) is 2. The van der Waals surface area contributed by atoms with Crippen LogP contribution < -0.4 is 5.32 Å². The van der Waals surface area contributed by atoms with Gasteiger partial charge in [-0.1, -0.05) is 35.8 Å². The quantitative estimate of drug-likeness (QED) is 0.625. The molecular weight excluding hydrogens is 395 g/mol. The summed E-state index contributed by atoms with van der Waals surface area (Å²) in [5.74, 6) is 0.777. The van der Waals surface area contributed by atoms with Crippen molar-refractivity contribution in [3.63, 3.8) is 0 Å². The fourth-order valence-electron chi connectivity index (χ4n) is 3.38. The second kappa shape index (κ2) is 7.86. The van der Waals surface area contributed by atoms with Crippen molar-refractivity contribution in [1.29, 1.82) is 0 Å². The number of nitrogens with one attached hydrogen (secondary N) is 2. The largest absolute Gasteiger partial charge is 0.378 e. The number of aromatic nitrogens is 2. The van der Waals surface area contributed by atoms with Gasteiger partial charge < -0.3 is 15.2 Å². The first-order valence-corrected chi connectivity index (χ1v) is 9.93. The summed E-state index contributed by atoms with van der Waals surface area (Å²) in [5, 5.41) is 4.35. The molecule has 0 radical (unpaired) electrons. The lowest BCUT2D eigenvalue weighted by Gasteiger charge is -2.17. The van der Waals surface area contributed by atoms with Gasteiger partial charge in [-0.15, -0.1) is 0 Å². The molecule has 0 aliphatic carbocycles. The molecule has 1 aromatic heterocycles. The number of H-pyrrole nitrogens is 1. The predicted octanol–water partition coefficient (Wildman–Crippen LogP) is 4.87. The highest BCUT2D eigenvalue weighted by atomic mass is 35.5. The van der Waals surface area contributed by atoms with E-state index in [-0.39, 0.29) is 5.91 Å². The zero-order valence-corrected chi connectivity index (χ0v) is 16.8. The first-order valence-electron chi connectivity index (χ1n) is 9.17. The minimum absolute atomic E-state index is 0.00596. The third-order valence-electron chi connectivity index (χ3n) is 4.90. The van der Waals surface area contributed by atoms with Crippen LogP contribution >= 0.6 is 23.2 Å². The lowest BCUT2D eigenvalue weighted by atomic mass is 10.1. The number of nitrogens with zero attached hydrogens (tertiary/aromatic N) is 2. The molecule has 1 aliphatic heterocycles. The molecule has 0 saturated carbocycles. The van der Waals surface area contributed by atoms with E-state index in [1.54, 1.807) is 12.1 Å². The summed E-state index contributed by atoms with van der Waals surface area (Å²) in [4.78, 5) is 22.2. The number of aromatic amines is 1. The van der Waals surface area contributed by atoms with Crippen molar-refractivity contribution >= 4 is 45.8 Å². The van der Waals surface area contributed by atoms with E-state index in [1.807, 2.05) is 29.2 Å². The molecule has 28 heavy (non-hydrogen) atoms. The van der Waals surface area contributed by atoms with Gasteiger partial charge in [0.1, 0.15) is 5.82 Å². The Hall–Kier alpha value is -2.50. The molecule has 144 valence electrons. The summed E-state index contributed by atoms with van der Waals surface area (Å²) in [6.45, 7) is 6.16. The number of rotatable bonds is 5. The number of benzene rings is 2. The van der Waals surface area contributed by atoms with Gasteiger partial charge in [-0.2, -0.15) is 0 Å². The van der Waals surface area contributed by atoms with Gasteiger partial charge in [0.25, 0.3) is 5.91 Å². The summed E-state index contributed by atoms with van der Waals surface area (Å²) >= 11 is 12.4. The van der Waals surface area contributed by atoms with Crippen LogP contribution in [0.25, 0.3) is 16.7 Å². The van der Waals surface area contributed by atoms with Crippen molar-refractivity contribution in [1.82, 2.24) is 20.2 Å². The Balaban J connectivity index is 1.44. The maximum absolute atomic E-state index is 12.6. The molecule has 7 heteroatoms. The molecule has 1 aliphatic rings. The SMILES string of the molecule is C=C(NCc1nc2ccc(Cl)cc2[nH]1)c1ccc(C(=O)N2CCCC2)c(Cl)c1. The monoisotopic (exact) mass is 414 g/mol. The number of carbonyl (C=O) groups excluding carboxylic acids is 1. The Bertz CT molecular complexity index is 1050. The van der Waals surface area contributed by atoms with Crippen LogP contribution in [0.3, 0.4) is 0 Å². The Morgan fingerprint density at radius 3 is 2.71 bits per heavy atom. The topological polar surface area (TPSA) is 61.0 Å². The van der Waals surface area contributed by atoms with Gasteiger partial charge in [-0.3, -0.25) is 4.79 Å². The van der Waals surface area contributed by atoms with Gasteiger partial charge in [0, 0.05) is 23.8 Å². The summed E-state index contributed by atoms with van der Waals surface area (Å²) in [7, 11) is 0. The van der Waals surface area contributed by atoms with Crippen molar-refractivity contribution < 1.29 is 4.79 Å². The van der Waals surface area contributed by atoms with Gasteiger partial charge in [-0.25, -0.2) is 4.98 Å². The maximum Gasteiger partial charge on any atom is 0.255 e. The smallest absolute Gasteiger partial charge is 0.255 e.